The molecule has 0 unspecified atom stereocenters. The van der Waals surface area contributed by atoms with Gasteiger partial charge in [-0.3, -0.25) is 4.99 Å². The summed E-state index contributed by atoms with van der Waals surface area (Å²) in [5.74, 6) is 6.12. The molecule has 1 saturated carbocycles. The highest BCUT2D eigenvalue weighted by Gasteiger charge is 2.46. The predicted octanol–water partition coefficient (Wildman–Crippen LogP) is 5.77. The molecule has 0 saturated heterocycles. The van der Waals surface area contributed by atoms with Crippen molar-refractivity contribution in [1.29, 1.82) is 0 Å². The maximum atomic E-state index is 6.28. The number of aliphatic imine (C=N–C) groups is 1. The summed E-state index contributed by atoms with van der Waals surface area (Å²) in [4.78, 5) is 6.22. The molecule has 4 heteroatoms. The number of thiophene rings is 1. The summed E-state index contributed by atoms with van der Waals surface area (Å²) in [7, 11) is 0. The van der Waals surface area contributed by atoms with Gasteiger partial charge in [-0.25, -0.2) is 0 Å². The van der Waals surface area contributed by atoms with E-state index in [4.69, 9.17) is 10.7 Å². The SMILES string of the molecule is CC#Cc1cccc(-c2csc([C@]3(C)CC4(CCCC4)SC(N)=N3)c2)c1. The molecule has 0 bridgehead atoms. The summed E-state index contributed by atoms with van der Waals surface area (Å²) in [6, 6.07) is 10.8. The molecule has 2 nitrogen and oxygen atoms in total. The summed E-state index contributed by atoms with van der Waals surface area (Å²) in [6.45, 7) is 4.13. The Hall–Kier alpha value is -1.70. The fraction of sp³-hybridized carbons (Fsp3) is 0.409. The molecule has 1 aliphatic heterocycles. The van der Waals surface area contributed by atoms with Crippen molar-refractivity contribution in [3.8, 4) is 23.0 Å². The van der Waals surface area contributed by atoms with E-state index in [1.54, 1.807) is 11.3 Å². The van der Waals surface area contributed by atoms with E-state index in [0.717, 1.165) is 17.2 Å². The lowest BCUT2D eigenvalue weighted by Crippen LogP contribution is -2.39. The van der Waals surface area contributed by atoms with E-state index < -0.39 is 0 Å². The second-order valence-electron chi connectivity index (χ2n) is 7.55. The lowest BCUT2D eigenvalue weighted by atomic mass is 9.85. The van der Waals surface area contributed by atoms with Gasteiger partial charge >= 0.3 is 0 Å². The topological polar surface area (TPSA) is 38.4 Å². The van der Waals surface area contributed by atoms with Crippen LogP contribution < -0.4 is 5.73 Å². The van der Waals surface area contributed by atoms with Gasteiger partial charge < -0.3 is 5.73 Å². The van der Waals surface area contributed by atoms with Crippen LogP contribution in [-0.2, 0) is 5.54 Å². The minimum absolute atomic E-state index is 0.205. The first-order valence-electron chi connectivity index (χ1n) is 9.19. The first-order valence-corrected chi connectivity index (χ1v) is 10.9. The van der Waals surface area contributed by atoms with E-state index in [1.165, 1.54) is 41.7 Å². The third kappa shape index (κ3) is 3.31. The van der Waals surface area contributed by atoms with Gasteiger partial charge in [-0.1, -0.05) is 42.7 Å². The average Bonchev–Trinajstić information content (AvgIpc) is 3.25. The van der Waals surface area contributed by atoms with Crippen LogP contribution >= 0.6 is 23.1 Å². The zero-order valence-corrected chi connectivity index (χ0v) is 17.0. The van der Waals surface area contributed by atoms with Crippen LogP contribution in [0.5, 0.6) is 0 Å². The maximum Gasteiger partial charge on any atom is 0.155 e. The highest BCUT2D eigenvalue weighted by Crippen LogP contribution is 2.54. The lowest BCUT2D eigenvalue weighted by Gasteiger charge is -2.40. The van der Waals surface area contributed by atoms with Gasteiger partial charge in [-0.05, 0) is 67.8 Å². The van der Waals surface area contributed by atoms with Crippen molar-refractivity contribution >= 4 is 28.3 Å². The number of rotatable bonds is 2. The van der Waals surface area contributed by atoms with Crippen molar-refractivity contribution in [2.24, 2.45) is 10.7 Å². The molecule has 1 fully saturated rings. The summed E-state index contributed by atoms with van der Waals surface area (Å²) in [5.41, 5.74) is 9.60. The minimum atomic E-state index is -0.205. The second kappa shape index (κ2) is 6.79. The van der Waals surface area contributed by atoms with Gasteiger partial charge in [-0.15, -0.1) is 17.3 Å². The largest absolute Gasteiger partial charge is 0.378 e. The van der Waals surface area contributed by atoms with E-state index in [0.29, 0.717) is 4.75 Å². The van der Waals surface area contributed by atoms with Crippen molar-refractivity contribution in [3.05, 3.63) is 46.2 Å². The number of benzene rings is 1. The van der Waals surface area contributed by atoms with Crippen LogP contribution in [0.4, 0.5) is 0 Å². The fourth-order valence-electron chi connectivity index (χ4n) is 4.32. The van der Waals surface area contributed by atoms with Crippen LogP contribution in [0.1, 0.15) is 56.4 Å². The summed E-state index contributed by atoms with van der Waals surface area (Å²) in [5, 5.41) is 3.00. The molecule has 1 spiro atoms. The highest BCUT2D eigenvalue weighted by atomic mass is 32.2. The fourth-order valence-corrected chi connectivity index (χ4v) is 6.88. The quantitative estimate of drug-likeness (QED) is 0.672. The molecule has 0 amide bonds. The van der Waals surface area contributed by atoms with Gasteiger partial charge in [0.15, 0.2) is 5.17 Å². The predicted molar refractivity (Wildman–Crippen MR) is 115 cm³/mol. The van der Waals surface area contributed by atoms with Crippen molar-refractivity contribution in [1.82, 2.24) is 0 Å². The molecular weight excluding hydrogens is 356 g/mol. The molecular formula is C22H24N2S2. The number of amidine groups is 1. The normalized spacial score (nSPS) is 24.2. The molecule has 1 aromatic carbocycles. The van der Waals surface area contributed by atoms with E-state index >= 15 is 0 Å². The molecule has 134 valence electrons. The molecule has 2 aliphatic rings. The third-order valence-electron chi connectivity index (χ3n) is 5.45. The standard InChI is InChI=1S/C22H24N2S2/c1-3-7-16-8-6-9-17(12-16)18-13-19(25-14-18)21(2)15-22(10-4-5-11-22)26-20(23)24-21/h6,8-9,12-14H,4-5,10-11,15H2,1-2H3,(H2,23,24)/t21-/m0/s1. The molecule has 1 aromatic heterocycles. The Labute approximate surface area is 164 Å². The molecule has 2 N–H and O–H groups in total. The van der Waals surface area contributed by atoms with Crippen molar-refractivity contribution < 1.29 is 0 Å². The molecule has 1 aliphatic carbocycles. The smallest absolute Gasteiger partial charge is 0.155 e. The van der Waals surface area contributed by atoms with E-state index in [-0.39, 0.29) is 5.54 Å². The van der Waals surface area contributed by atoms with Gasteiger partial charge in [0, 0.05) is 15.2 Å². The maximum absolute atomic E-state index is 6.28. The van der Waals surface area contributed by atoms with Crippen molar-refractivity contribution in [2.45, 2.75) is 56.2 Å². The number of nitrogens with zero attached hydrogens (tertiary/aromatic N) is 1. The van der Waals surface area contributed by atoms with Crippen LogP contribution in [0.25, 0.3) is 11.1 Å². The average molecular weight is 381 g/mol. The first kappa shape index (κ1) is 17.7. The van der Waals surface area contributed by atoms with Crippen LogP contribution in [0.3, 0.4) is 0 Å². The minimum Gasteiger partial charge on any atom is -0.378 e. The Balaban J connectivity index is 1.67. The Kier molecular flexibility index (Phi) is 4.62. The van der Waals surface area contributed by atoms with Gasteiger partial charge in [0.25, 0.3) is 0 Å². The van der Waals surface area contributed by atoms with E-state index in [1.807, 2.05) is 18.7 Å². The molecule has 0 radical (unpaired) electrons. The Morgan fingerprint density at radius 1 is 1.15 bits per heavy atom. The number of hydrogen-bond donors (Lipinski definition) is 1. The summed E-state index contributed by atoms with van der Waals surface area (Å²) in [6.07, 6.45) is 6.25. The number of nitrogens with two attached hydrogens (primary N) is 1. The van der Waals surface area contributed by atoms with Gasteiger partial charge in [0.2, 0.25) is 0 Å². The van der Waals surface area contributed by atoms with Gasteiger partial charge in [-0.2, -0.15) is 0 Å². The highest BCUT2D eigenvalue weighted by molar-refractivity contribution is 8.15. The molecule has 26 heavy (non-hydrogen) atoms. The van der Waals surface area contributed by atoms with Crippen molar-refractivity contribution in [3.63, 3.8) is 0 Å². The van der Waals surface area contributed by atoms with Crippen LogP contribution in [0, 0.1) is 11.8 Å². The van der Waals surface area contributed by atoms with Crippen LogP contribution in [0.2, 0.25) is 0 Å². The lowest BCUT2D eigenvalue weighted by molar-refractivity contribution is 0.382. The Bertz CT molecular complexity index is 909. The Morgan fingerprint density at radius 3 is 2.73 bits per heavy atom. The second-order valence-corrected chi connectivity index (χ2v) is 9.95. The number of hydrogen-bond acceptors (Lipinski definition) is 4. The van der Waals surface area contributed by atoms with Crippen LogP contribution in [0.15, 0.2) is 40.7 Å². The van der Waals surface area contributed by atoms with Gasteiger partial charge in [0.1, 0.15) is 0 Å². The first-order chi connectivity index (χ1) is 12.5. The van der Waals surface area contributed by atoms with E-state index in [9.17, 15) is 0 Å². The van der Waals surface area contributed by atoms with Gasteiger partial charge in [0.05, 0.1) is 5.54 Å². The number of thioether (sulfide) groups is 1. The third-order valence-corrected chi connectivity index (χ3v) is 7.92. The molecule has 1 atom stereocenters. The zero-order chi connectivity index (χ0) is 18.2. The van der Waals surface area contributed by atoms with Crippen molar-refractivity contribution in [2.75, 3.05) is 0 Å². The zero-order valence-electron chi connectivity index (χ0n) is 15.3. The van der Waals surface area contributed by atoms with Crippen LogP contribution in [-0.4, -0.2) is 9.91 Å². The summed E-state index contributed by atoms with van der Waals surface area (Å²) < 4.78 is 0.293. The van der Waals surface area contributed by atoms with E-state index in [2.05, 4.69) is 54.5 Å². The summed E-state index contributed by atoms with van der Waals surface area (Å²) >= 11 is 3.63. The molecule has 4 rings (SSSR count). The molecule has 2 heterocycles. The molecule has 2 aromatic rings. The monoisotopic (exact) mass is 380 g/mol. The Morgan fingerprint density at radius 2 is 1.96 bits per heavy atom.